The van der Waals surface area contributed by atoms with Gasteiger partial charge in [0.15, 0.2) is 0 Å². The Bertz CT molecular complexity index is 443. The summed E-state index contributed by atoms with van der Waals surface area (Å²) in [4.78, 5) is 11.4. The van der Waals surface area contributed by atoms with E-state index < -0.39 is 5.91 Å². The summed E-state index contributed by atoms with van der Waals surface area (Å²) in [5, 5.41) is 9.56. The first kappa shape index (κ1) is 13.9. The first-order valence-electron chi connectivity index (χ1n) is 5.25. The van der Waals surface area contributed by atoms with Crippen molar-refractivity contribution in [2.24, 2.45) is 16.1 Å². The van der Waals surface area contributed by atoms with E-state index in [4.69, 9.17) is 5.73 Å². The van der Waals surface area contributed by atoms with E-state index in [0.717, 1.165) is 0 Å². The van der Waals surface area contributed by atoms with Gasteiger partial charge in [-0.2, -0.15) is 0 Å². The summed E-state index contributed by atoms with van der Waals surface area (Å²) in [5.74, 6) is -0.395. The summed E-state index contributed by atoms with van der Waals surface area (Å²) >= 11 is -0.0370. The fraction of sp³-hybridized carbons (Fsp3) is 0.545. The molecule has 1 aromatic rings. The summed E-state index contributed by atoms with van der Waals surface area (Å²) in [5.41, 5.74) is 6.02. The van der Waals surface area contributed by atoms with Crippen molar-refractivity contribution >= 4 is 26.1 Å². The number of amides is 1. The van der Waals surface area contributed by atoms with Crippen molar-refractivity contribution in [3.63, 3.8) is 0 Å². The molecule has 6 heteroatoms. The quantitative estimate of drug-likeness (QED) is 0.524. The van der Waals surface area contributed by atoms with Crippen LogP contribution >= 0.6 is 0 Å². The van der Waals surface area contributed by atoms with E-state index in [2.05, 4.69) is 31.1 Å². The molecule has 0 saturated heterocycles. The van der Waals surface area contributed by atoms with Gasteiger partial charge < -0.3 is 0 Å². The number of nitrogens with zero attached hydrogens (tertiary/aromatic N) is 3. The fourth-order valence-corrected chi connectivity index (χ4v) is 3.24. The molecule has 1 rings (SSSR count). The van der Waals surface area contributed by atoms with E-state index in [-0.39, 0.29) is 19.9 Å². The Hall–Kier alpha value is -1.13. The molecule has 1 aromatic heterocycles. The second kappa shape index (κ2) is 5.02. The van der Waals surface area contributed by atoms with Crippen LogP contribution in [0.3, 0.4) is 0 Å². The molecule has 0 atom stereocenters. The van der Waals surface area contributed by atoms with E-state index >= 15 is 0 Å². The molecule has 1 amide bonds. The third-order valence-electron chi connectivity index (χ3n) is 2.01. The summed E-state index contributed by atoms with van der Waals surface area (Å²) in [6, 6.07) is 1.94. The van der Waals surface area contributed by atoms with Gasteiger partial charge in [-0.3, -0.25) is 0 Å². The molecule has 1 heterocycles. The van der Waals surface area contributed by atoms with Crippen molar-refractivity contribution < 1.29 is 4.79 Å². The zero-order valence-corrected chi connectivity index (χ0v) is 12.5. The van der Waals surface area contributed by atoms with Crippen molar-refractivity contribution in [2.75, 3.05) is 14.1 Å². The van der Waals surface area contributed by atoms with Gasteiger partial charge in [0.2, 0.25) is 0 Å². The molecule has 0 fully saturated rings. The second-order valence-electron chi connectivity index (χ2n) is 4.98. The van der Waals surface area contributed by atoms with Crippen LogP contribution in [-0.2, 0) is 5.41 Å². The molecule has 0 saturated carbocycles. The van der Waals surface area contributed by atoms with Crippen LogP contribution in [0.4, 0.5) is 5.69 Å². The van der Waals surface area contributed by atoms with E-state index in [9.17, 15) is 4.79 Å². The van der Waals surface area contributed by atoms with Gasteiger partial charge in [0.25, 0.3) is 0 Å². The first-order chi connectivity index (χ1) is 7.71. The Morgan fingerprint density at radius 3 is 2.41 bits per heavy atom. The summed E-state index contributed by atoms with van der Waals surface area (Å²) in [7, 11) is 3.56. The van der Waals surface area contributed by atoms with Crippen molar-refractivity contribution in [3.05, 3.63) is 14.9 Å². The molecule has 5 nitrogen and oxygen atoms in total. The fourth-order valence-electron chi connectivity index (χ4n) is 1.14. The molecule has 0 spiro atoms. The Labute approximate surface area is 107 Å². The minimum absolute atomic E-state index is 0.0370. The maximum absolute atomic E-state index is 11.4. The third-order valence-corrected chi connectivity index (χ3v) is 5.29. The minimum atomic E-state index is -0.395. The normalized spacial score (nSPS) is 12.1. The van der Waals surface area contributed by atoms with Gasteiger partial charge in [0.1, 0.15) is 0 Å². The predicted molar refractivity (Wildman–Crippen MR) is 68.8 cm³/mol. The van der Waals surface area contributed by atoms with E-state index in [1.807, 2.05) is 6.07 Å². The van der Waals surface area contributed by atoms with Crippen LogP contribution < -0.4 is 5.73 Å². The van der Waals surface area contributed by atoms with Crippen LogP contribution in [0.5, 0.6) is 0 Å². The van der Waals surface area contributed by atoms with Crippen LogP contribution in [0, 0.1) is 0 Å². The van der Waals surface area contributed by atoms with E-state index in [1.165, 1.54) is 4.44 Å². The van der Waals surface area contributed by atoms with Crippen LogP contribution in [0.25, 0.3) is 0 Å². The van der Waals surface area contributed by atoms with Crippen molar-refractivity contribution in [1.82, 2.24) is 5.01 Å². The summed E-state index contributed by atoms with van der Waals surface area (Å²) < 4.78 is 1.82. The molecule has 2 N–H and O–H groups in total. The summed E-state index contributed by atoms with van der Waals surface area (Å²) in [6.07, 6.45) is 0. The Morgan fingerprint density at radius 1 is 1.41 bits per heavy atom. The van der Waals surface area contributed by atoms with Gasteiger partial charge in [-0.05, 0) is 0 Å². The van der Waals surface area contributed by atoms with Gasteiger partial charge >= 0.3 is 107 Å². The van der Waals surface area contributed by atoms with Crippen molar-refractivity contribution in [2.45, 2.75) is 26.2 Å². The molecule has 0 radical (unpaired) electrons. The Balaban J connectivity index is 3.19. The zero-order valence-electron chi connectivity index (χ0n) is 10.8. The maximum atomic E-state index is 11.4. The number of primary amides is 1. The molecule has 0 aliphatic carbocycles. The van der Waals surface area contributed by atoms with Crippen molar-refractivity contribution in [3.8, 4) is 0 Å². The molecule has 94 valence electrons. The standard InChI is InChI=1S/C11H18N4OSe/c1-11(2,3)8-6-7(13-14-15(4)5)9(17-8)10(12)16/h6H,1-5H3,(H2,12,16). The molecule has 0 bridgehead atoms. The number of nitrogens with two attached hydrogens (primary N) is 1. The second-order valence-corrected chi connectivity index (χ2v) is 7.18. The van der Waals surface area contributed by atoms with Crippen LogP contribution in [0.2, 0.25) is 0 Å². The van der Waals surface area contributed by atoms with Crippen LogP contribution in [0.15, 0.2) is 16.4 Å². The number of rotatable bonds is 3. The number of hydrogen-bond donors (Lipinski definition) is 1. The number of hydrogen-bond acceptors (Lipinski definition) is 3. The molecule has 0 aliphatic heterocycles. The van der Waals surface area contributed by atoms with Gasteiger partial charge in [-0.1, -0.05) is 0 Å². The molecular weight excluding hydrogens is 283 g/mol. The van der Waals surface area contributed by atoms with Crippen LogP contribution in [-0.4, -0.2) is 39.5 Å². The predicted octanol–water partition coefficient (Wildman–Crippen LogP) is 1.70. The Morgan fingerprint density at radius 2 is 2.00 bits per heavy atom. The van der Waals surface area contributed by atoms with Gasteiger partial charge in [-0.15, -0.1) is 0 Å². The molecule has 0 aliphatic rings. The van der Waals surface area contributed by atoms with Crippen LogP contribution in [0.1, 0.15) is 34.4 Å². The zero-order chi connectivity index (χ0) is 13.2. The van der Waals surface area contributed by atoms with Crippen molar-refractivity contribution in [1.29, 1.82) is 0 Å². The average molecular weight is 301 g/mol. The number of carbonyl (C=O) groups is 1. The van der Waals surface area contributed by atoms with E-state index in [0.29, 0.717) is 10.1 Å². The van der Waals surface area contributed by atoms with Gasteiger partial charge in [0, 0.05) is 0 Å². The first-order valence-corrected chi connectivity index (χ1v) is 6.96. The average Bonchev–Trinajstić information content (AvgIpc) is 2.57. The molecular formula is C11H18N4OSe. The SMILES string of the molecule is CN(C)N=Nc1cc(C(C)(C)C)[se]c1C(N)=O. The van der Waals surface area contributed by atoms with Gasteiger partial charge in [-0.25, -0.2) is 0 Å². The number of carbonyl (C=O) groups excluding carboxylic acids is 1. The monoisotopic (exact) mass is 302 g/mol. The summed E-state index contributed by atoms with van der Waals surface area (Å²) in [6.45, 7) is 6.35. The van der Waals surface area contributed by atoms with E-state index in [1.54, 1.807) is 19.1 Å². The topological polar surface area (TPSA) is 71.1 Å². The third kappa shape index (κ3) is 3.68. The molecule has 0 unspecified atom stereocenters. The van der Waals surface area contributed by atoms with Gasteiger partial charge in [0.05, 0.1) is 0 Å². The molecule has 0 aromatic carbocycles. The Kier molecular flexibility index (Phi) is 4.11. The molecule has 17 heavy (non-hydrogen) atoms.